The Labute approximate surface area is 148 Å². The molecule has 0 unspecified atom stereocenters. The zero-order valence-electron chi connectivity index (χ0n) is 14.2. The van der Waals surface area contributed by atoms with Crippen LogP contribution in [0.4, 0.5) is 0 Å². The van der Waals surface area contributed by atoms with Crippen LogP contribution >= 0.6 is 15.9 Å². The van der Waals surface area contributed by atoms with Gasteiger partial charge in [-0.05, 0) is 30.5 Å². The predicted octanol–water partition coefficient (Wildman–Crippen LogP) is 5.77. The van der Waals surface area contributed by atoms with E-state index in [-0.39, 0.29) is 0 Å². The maximum Gasteiger partial charge on any atom is 0.0827 e. The van der Waals surface area contributed by atoms with Gasteiger partial charge in [-0.1, -0.05) is 85.1 Å². The fourth-order valence-electron chi connectivity index (χ4n) is 2.75. The number of benzene rings is 1. The van der Waals surface area contributed by atoms with Crippen LogP contribution < -0.4 is 0 Å². The van der Waals surface area contributed by atoms with E-state index < -0.39 is 0 Å². The lowest BCUT2D eigenvalue weighted by Gasteiger charge is -2.01. The molecule has 2 rings (SSSR count). The van der Waals surface area contributed by atoms with Crippen LogP contribution in [0.3, 0.4) is 0 Å². The van der Waals surface area contributed by atoms with Crippen LogP contribution in [0.2, 0.25) is 0 Å². The lowest BCUT2D eigenvalue weighted by molar-refractivity contribution is 0.574. The molecule has 0 aliphatic rings. The highest BCUT2D eigenvalue weighted by atomic mass is 79.9. The topological polar surface area (TPSA) is 30.7 Å². The van der Waals surface area contributed by atoms with Gasteiger partial charge in [-0.2, -0.15) is 0 Å². The summed E-state index contributed by atoms with van der Waals surface area (Å²) in [6.45, 7) is 3.06. The molecule has 4 heteroatoms. The monoisotopic (exact) mass is 377 g/mol. The van der Waals surface area contributed by atoms with Gasteiger partial charge in [0.25, 0.3) is 0 Å². The maximum atomic E-state index is 4.29. The minimum atomic E-state index is 0.789. The Kier molecular flexibility index (Phi) is 8.37. The lowest BCUT2D eigenvalue weighted by atomic mass is 10.1. The van der Waals surface area contributed by atoms with Crippen LogP contribution in [0.5, 0.6) is 0 Å². The highest BCUT2D eigenvalue weighted by Gasteiger charge is 2.02. The van der Waals surface area contributed by atoms with Crippen LogP contribution in [0.1, 0.15) is 69.5 Å². The summed E-state index contributed by atoms with van der Waals surface area (Å²) in [5.41, 5.74) is 2.37. The molecule has 0 radical (unpaired) electrons. The van der Waals surface area contributed by atoms with Crippen LogP contribution in [0.15, 0.2) is 34.9 Å². The molecule has 0 spiro atoms. The van der Waals surface area contributed by atoms with E-state index in [0.29, 0.717) is 0 Å². The van der Waals surface area contributed by atoms with Crippen LogP contribution in [-0.2, 0) is 13.0 Å². The van der Waals surface area contributed by atoms with Gasteiger partial charge in [0.15, 0.2) is 0 Å². The van der Waals surface area contributed by atoms with E-state index in [2.05, 4.69) is 63.6 Å². The molecule has 1 heterocycles. The van der Waals surface area contributed by atoms with Crippen molar-refractivity contribution in [3.63, 3.8) is 0 Å². The minimum absolute atomic E-state index is 0.789. The molecular weight excluding hydrogens is 350 g/mol. The second-order valence-corrected chi connectivity index (χ2v) is 7.17. The molecule has 0 saturated carbocycles. The van der Waals surface area contributed by atoms with Crippen molar-refractivity contribution in [2.45, 2.75) is 71.3 Å². The van der Waals surface area contributed by atoms with E-state index in [1.54, 1.807) is 0 Å². The molecule has 0 bridgehead atoms. The maximum absolute atomic E-state index is 4.29. The Morgan fingerprint density at radius 1 is 0.913 bits per heavy atom. The first-order chi connectivity index (χ1) is 11.3. The first kappa shape index (κ1) is 18.2. The highest BCUT2D eigenvalue weighted by Crippen LogP contribution is 2.12. The van der Waals surface area contributed by atoms with Crippen LogP contribution in [0.25, 0.3) is 0 Å². The van der Waals surface area contributed by atoms with E-state index in [0.717, 1.165) is 23.1 Å². The van der Waals surface area contributed by atoms with Crippen molar-refractivity contribution < 1.29 is 0 Å². The molecule has 3 nitrogen and oxygen atoms in total. The Bertz CT molecular complexity index is 548. The zero-order chi connectivity index (χ0) is 16.3. The van der Waals surface area contributed by atoms with E-state index in [1.807, 2.05) is 4.68 Å². The summed E-state index contributed by atoms with van der Waals surface area (Å²) >= 11 is 3.46. The summed E-state index contributed by atoms with van der Waals surface area (Å²) in [5, 5.41) is 8.53. The van der Waals surface area contributed by atoms with E-state index in [4.69, 9.17) is 0 Å². The molecule has 0 atom stereocenters. The smallest absolute Gasteiger partial charge is 0.0827 e. The van der Waals surface area contributed by atoms with Crippen molar-refractivity contribution in [1.82, 2.24) is 15.0 Å². The van der Waals surface area contributed by atoms with Gasteiger partial charge in [0.05, 0.1) is 12.2 Å². The van der Waals surface area contributed by atoms with Gasteiger partial charge in [0.2, 0.25) is 0 Å². The number of halogens is 1. The Morgan fingerprint density at radius 3 is 2.26 bits per heavy atom. The van der Waals surface area contributed by atoms with Crippen LogP contribution in [0, 0.1) is 0 Å². The van der Waals surface area contributed by atoms with Crippen molar-refractivity contribution in [2.75, 3.05) is 0 Å². The molecule has 0 fully saturated rings. The molecule has 126 valence electrons. The number of unbranched alkanes of at least 4 members (excludes halogenated alkanes) is 7. The number of hydrogen-bond donors (Lipinski definition) is 0. The molecule has 0 saturated heterocycles. The fourth-order valence-corrected chi connectivity index (χ4v) is 3.01. The van der Waals surface area contributed by atoms with E-state index in [1.165, 1.54) is 56.9 Å². The van der Waals surface area contributed by atoms with Crippen molar-refractivity contribution in [1.29, 1.82) is 0 Å². The summed E-state index contributed by atoms with van der Waals surface area (Å²) in [6, 6.07) is 8.36. The third-order valence-corrected chi connectivity index (χ3v) is 4.66. The summed E-state index contributed by atoms with van der Waals surface area (Å²) in [7, 11) is 0. The third-order valence-electron chi connectivity index (χ3n) is 4.13. The van der Waals surface area contributed by atoms with Crippen molar-refractivity contribution in [2.24, 2.45) is 0 Å². The second-order valence-electron chi connectivity index (χ2n) is 6.26. The minimum Gasteiger partial charge on any atom is -0.248 e. The van der Waals surface area contributed by atoms with Gasteiger partial charge in [-0.25, -0.2) is 4.68 Å². The molecule has 1 aromatic heterocycles. The molecular formula is C19H28BrN3. The standard InChI is InChI=1S/C19H28BrN3/c1-2-3-4-5-6-7-8-9-10-19-16-23(22-21-19)15-17-11-13-18(20)14-12-17/h11-14,16H,2-10,15H2,1H3. The van der Waals surface area contributed by atoms with Gasteiger partial charge < -0.3 is 0 Å². The highest BCUT2D eigenvalue weighted by molar-refractivity contribution is 9.10. The summed E-state index contributed by atoms with van der Waals surface area (Å²) in [4.78, 5) is 0. The Hall–Kier alpha value is -1.16. The van der Waals surface area contributed by atoms with Crippen LogP contribution in [-0.4, -0.2) is 15.0 Å². The molecule has 0 aliphatic carbocycles. The number of aromatic nitrogens is 3. The number of hydrogen-bond acceptors (Lipinski definition) is 2. The third kappa shape index (κ3) is 7.30. The van der Waals surface area contributed by atoms with Gasteiger partial charge in [-0.15, -0.1) is 5.10 Å². The first-order valence-electron chi connectivity index (χ1n) is 8.91. The van der Waals surface area contributed by atoms with Gasteiger partial charge >= 0.3 is 0 Å². The average Bonchev–Trinajstić information content (AvgIpc) is 3.00. The molecule has 0 amide bonds. The molecule has 0 aliphatic heterocycles. The lowest BCUT2D eigenvalue weighted by Crippen LogP contribution is -2.00. The van der Waals surface area contributed by atoms with Gasteiger partial charge in [-0.3, -0.25) is 0 Å². The number of aryl methyl sites for hydroxylation is 1. The predicted molar refractivity (Wildman–Crippen MR) is 99.6 cm³/mol. The van der Waals surface area contributed by atoms with Crippen molar-refractivity contribution in [3.8, 4) is 0 Å². The van der Waals surface area contributed by atoms with Gasteiger partial charge in [0, 0.05) is 10.7 Å². The van der Waals surface area contributed by atoms with Crippen molar-refractivity contribution in [3.05, 3.63) is 46.2 Å². The summed E-state index contributed by atoms with van der Waals surface area (Å²) < 4.78 is 3.04. The second kappa shape index (κ2) is 10.6. The quantitative estimate of drug-likeness (QED) is 0.465. The Morgan fingerprint density at radius 2 is 1.57 bits per heavy atom. The zero-order valence-corrected chi connectivity index (χ0v) is 15.8. The molecule has 1 aromatic carbocycles. The molecule has 23 heavy (non-hydrogen) atoms. The normalized spacial score (nSPS) is 11.0. The largest absolute Gasteiger partial charge is 0.248 e. The van der Waals surface area contributed by atoms with E-state index >= 15 is 0 Å². The number of rotatable bonds is 11. The SMILES string of the molecule is CCCCCCCCCCc1cn(Cc2ccc(Br)cc2)nn1. The van der Waals surface area contributed by atoms with Crippen molar-refractivity contribution >= 4 is 15.9 Å². The summed E-state index contributed by atoms with van der Waals surface area (Å²) in [5.74, 6) is 0. The Balaban J connectivity index is 1.62. The summed E-state index contributed by atoms with van der Waals surface area (Å²) in [6.07, 6.45) is 13.9. The van der Waals surface area contributed by atoms with Gasteiger partial charge in [0.1, 0.15) is 0 Å². The average molecular weight is 378 g/mol. The molecule has 2 aromatic rings. The molecule has 0 N–H and O–H groups in total. The fraction of sp³-hybridized carbons (Fsp3) is 0.579. The first-order valence-corrected chi connectivity index (χ1v) is 9.70. The number of nitrogens with zero attached hydrogens (tertiary/aromatic N) is 3. The van der Waals surface area contributed by atoms with E-state index in [9.17, 15) is 0 Å².